The highest BCUT2D eigenvalue weighted by Crippen LogP contribution is 2.34. The van der Waals surface area contributed by atoms with E-state index in [0.717, 1.165) is 42.6 Å². The quantitative estimate of drug-likeness (QED) is 0.449. The third-order valence-electron chi connectivity index (χ3n) is 6.17. The van der Waals surface area contributed by atoms with Crippen molar-refractivity contribution in [2.24, 2.45) is 10.9 Å². The Morgan fingerprint density at radius 3 is 2.85 bits per heavy atom. The third kappa shape index (κ3) is 4.84. The molecule has 2 aliphatic heterocycles. The molecule has 34 heavy (non-hydrogen) atoms. The SMILES string of the molecule is CN1CCC(C(=O)Nc2cnc3c(c2)C(=Cc2[nH]c(NCc4ccccc4)nc2O)C=N3)CC1. The number of amides is 1. The molecule has 5 rings (SSSR count). The molecule has 1 amide bonds. The van der Waals surface area contributed by atoms with Gasteiger partial charge in [-0.3, -0.25) is 4.79 Å². The van der Waals surface area contributed by atoms with Crippen molar-refractivity contribution in [3.8, 4) is 5.88 Å². The summed E-state index contributed by atoms with van der Waals surface area (Å²) in [5.74, 6) is 0.981. The van der Waals surface area contributed by atoms with Crippen LogP contribution in [0.1, 0.15) is 29.7 Å². The lowest BCUT2D eigenvalue weighted by Crippen LogP contribution is -2.35. The molecule has 0 saturated carbocycles. The number of carbonyl (C=O) groups excluding carboxylic acids is 1. The molecule has 9 heteroatoms. The summed E-state index contributed by atoms with van der Waals surface area (Å²) in [5, 5.41) is 16.5. The second-order valence-corrected chi connectivity index (χ2v) is 8.68. The van der Waals surface area contributed by atoms with E-state index in [1.807, 2.05) is 36.4 Å². The molecule has 1 saturated heterocycles. The van der Waals surface area contributed by atoms with Gasteiger partial charge in [0, 0.05) is 29.8 Å². The Labute approximate surface area is 197 Å². The lowest BCUT2D eigenvalue weighted by Gasteiger charge is -2.28. The molecule has 0 radical (unpaired) electrons. The first-order valence-electron chi connectivity index (χ1n) is 11.4. The van der Waals surface area contributed by atoms with Crippen LogP contribution in [0.3, 0.4) is 0 Å². The number of nitrogens with zero attached hydrogens (tertiary/aromatic N) is 4. The van der Waals surface area contributed by atoms with Gasteiger partial charge in [-0.25, -0.2) is 9.98 Å². The highest BCUT2D eigenvalue weighted by Gasteiger charge is 2.24. The maximum absolute atomic E-state index is 12.7. The fourth-order valence-corrected chi connectivity index (χ4v) is 4.17. The standard InChI is InChI=1S/C25H27N7O2/c1-32-9-7-17(8-10-32)23(33)29-19-12-20-18(14-26-22(20)27-15-19)11-21-24(34)31-25(30-21)28-13-16-5-3-2-4-6-16/h2-6,11-12,14-15,17,34H,7-10,13H2,1H3,(H,29,33)(H2,28,30,31). The number of nitrogens with one attached hydrogen (secondary N) is 3. The zero-order chi connectivity index (χ0) is 23.5. The van der Waals surface area contributed by atoms with Gasteiger partial charge in [0.1, 0.15) is 5.69 Å². The lowest BCUT2D eigenvalue weighted by atomic mass is 9.96. The first-order valence-corrected chi connectivity index (χ1v) is 11.4. The number of likely N-dealkylation sites (tertiary alicyclic amines) is 1. The topological polar surface area (TPSA) is 119 Å². The normalized spacial score (nSPS) is 17.1. The van der Waals surface area contributed by atoms with Gasteiger partial charge in [-0.1, -0.05) is 30.3 Å². The molecule has 4 heterocycles. The van der Waals surface area contributed by atoms with Gasteiger partial charge < -0.3 is 25.6 Å². The van der Waals surface area contributed by atoms with Crippen molar-refractivity contribution in [3.05, 3.63) is 59.4 Å². The summed E-state index contributed by atoms with van der Waals surface area (Å²) in [5.41, 5.74) is 3.76. The number of allylic oxidation sites excluding steroid dienone is 1. The number of benzene rings is 1. The Bertz CT molecular complexity index is 1240. The smallest absolute Gasteiger partial charge is 0.238 e. The summed E-state index contributed by atoms with van der Waals surface area (Å²) in [6, 6.07) is 11.8. The first-order chi connectivity index (χ1) is 16.5. The zero-order valence-electron chi connectivity index (χ0n) is 19.0. The second kappa shape index (κ2) is 9.48. The molecule has 4 N–H and O–H groups in total. The lowest BCUT2D eigenvalue weighted by molar-refractivity contribution is -0.121. The predicted octanol–water partition coefficient (Wildman–Crippen LogP) is 3.66. The number of aromatic amines is 1. The molecule has 1 aromatic carbocycles. The summed E-state index contributed by atoms with van der Waals surface area (Å²) in [6.45, 7) is 2.44. The predicted molar refractivity (Wildman–Crippen MR) is 133 cm³/mol. The Morgan fingerprint density at radius 2 is 2.06 bits per heavy atom. The van der Waals surface area contributed by atoms with Crippen molar-refractivity contribution in [2.45, 2.75) is 19.4 Å². The van der Waals surface area contributed by atoms with Crippen LogP contribution in [0.25, 0.3) is 11.6 Å². The van der Waals surface area contributed by atoms with E-state index in [-0.39, 0.29) is 17.7 Å². The van der Waals surface area contributed by atoms with Crippen LogP contribution >= 0.6 is 0 Å². The molecule has 0 bridgehead atoms. The van der Waals surface area contributed by atoms with Crippen LogP contribution < -0.4 is 10.6 Å². The number of aromatic nitrogens is 3. The van der Waals surface area contributed by atoms with Crippen molar-refractivity contribution in [1.82, 2.24) is 19.9 Å². The van der Waals surface area contributed by atoms with E-state index < -0.39 is 0 Å². The maximum atomic E-state index is 12.7. The maximum Gasteiger partial charge on any atom is 0.238 e. The molecule has 0 aliphatic carbocycles. The van der Waals surface area contributed by atoms with E-state index in [4.69, 9.17) is 0 Å². The molecule has 0 atom stereocenters. The number of aliphatic imine (C=N–C) groups is 1. The Balaban J connectivity index is 1.29. The van der Waals surface area contributed by atoms with Gasteiger partial charge in [-0.2, -0.15) is 4.98 Å². The minimum absolute atomic E-state index is 0.0134. The molecule has 2 aliphatic rings. The van der Waals surface area contributed by atoms with Gasteiger partial charge >= 0.3 is 0 Å². The molecular formula is C25H27N7O2. The van der Waals surface area contributed by atoms with Crippen molar-refractivity contribution in [1.29, 1.82) is 0 Å². The number of pyridine rings is 1. The number of hydrogen-bond acceptors (Lipinski definition) is 7. The highest BCUT2D eigenvalue weighted by atomic mass is 16.3. The number of hydrogen-bond donors (Lipinski definition) is 4. The van der Waals surface area contributed by atoms with Crippen LogP contribution in [0.5, 0.6) is 5.88 Å². The van der Waals surface area contributed by atoms with E-state index in [9.17, 15) is 9.90 Å². The monoisotopic (exact) mass is 457 g/mol. The van der Waals surface area contributed by atoms with E-state index in [0.29, 0.717) is 29.7 Å². The van der Waals surface area contributed by atoms with Crippen LogP contribution in [-0.2, 0) is 11.3 Å². The van der Waals surface area contributed by atoms with Gasteiger partial charge in [0.2, 0.25) is 17.7 Å². The van der Waals surface area contributed by atoms with Crippen molar-refractivity contribution < 1.29 is 9.90 Å². The summed E-state index contributed by atoms with van der Waals surface area (Å²) in [7, 11) is 2.08. The fourth-order valence-electron chi connectivity index (χ4n) is 4.17. The van der Waals surface area contributed by atoms with Gasteiger partial charge in [0.05, 0.1) is 11.9 Å². The minimum Gasteiger partial charge on any atom is -0.492 e. The molecule has 0 unspecified atom stereocenters. The van der Waals surface area contributed by atoms with E-state index >= 15 is 0 Å². The zero-order valence-corrected chi connectivity index (χ0v) is 19.0. The van der Waals surface area contributed by atoms with Crippen molar-refractivity contribution >= 4 is 41.2 Å². The first kappa shape index (κ1) is 21.8. The van der Waals surface area contributed by atoms with Crippen LogP contribution in [0.4, 0.5) is 17.5 Å². The largest absolute Gasteiger partial charge is 0.492 e. The van der Waals surface area contributed by atoms with Gasteiger partial charge in [-0.15, -0.1) is 0 Å². The Morgan fingerprint density at radius 1 is 1.26 bits per heavy atom. The summed E-state index contributed by atoms with van der Waals surface area (Å²) >= 11 is 0. The average Bonchev–Trinajstić information content (AvgIpc) is 3.41. The number of anilines is 2. The second-order valence-electron chi connectivity index (χ2n) is 8.68. The third-order valence-corrected chi connectivity index (χ3v) is 6.17. The molecule has 9 nitrogen and oxygen atoms in total. The highest BCUT2D eigenvalue weighted by molar-refractivity contribution is 6.21. The number of rotatable bonds is 6. The molecule has 2 aromatic heterocycles. The summed E-state index contributed by atoms with van der Waals surface area (Å²) < 4.78 is 0. The van der Waals surface area contributed by atoms with Gasteiger partial charge in [0.25, 0.3) is 0 Å². The number of aromatic hydroxyl groups is 1. The van der Waals surface area contributed by atoms with Crippen molar-refractivity contribution in [3.63, 3.8) is 0 Å². The molecule has 174 valence electrons. The number of fused-ring (bicyclic) bond motifs is 1. The fraction of sp³-hybridized carbons (Fsp3) is 0.280. The van der Waals surface area contributed by atoms with Crippen LogP contribution in [-0.4, -0.2) is 57.2 Å². The number of imidazole rings is 1. The summed E-state index contributed by atoms with van der Waals surface area (Å²) in [6.07, 6.45) is 6.81. The number of H-pyrrole nitrogens is 1. The number of piperidine rings is 1. The Kier molecular flexibility index (Phi) is 6.09. The van der Waals surface area contributed by atoms with Crippen LogP contribution in [0.2, 0.25) is 0 Å². The Hall–Kier alpha value is -3.98. The van der Waals surface area contributed by atoms with Crippen LogP contribution in [0, 0.1) is 5.92 Å². The van der Waals surface area contributed by atoms with E-state index in [2.05, 4.69) is 42.5 Å². The van der Waals surface area contributed by atoms with Crippen LogP contribution in [0.15, 0.2) is 47.6 Å². The van der Waals surface area contributed by atoms with Gasteiger partial charge in [0.15, 0.2) is 5.82 Å². The molecular weight excluding hydrogens is 430 g/mol. The van der Waals surface area contributed by atoms with Gasteiger partial charge in [-0.05, 0) is 50.7 Å². The summed E-state index contributed by atoms with van der Waals surface area (Å²) in [4.78, 5) is 30.9. The molecule has 1 fully saturated rings. The van der Waals surface area contributed by atoms with E-state index in [1.165, 1.54) is 0 Å². The van der Waals surface area contributed by atoms with E-state index in [1.54, 1.807) is 18.5 Å². The minimum atomic E-state index is -0.107. The van der Waals surface area contributed by atoms with Crippen molar-refractivity contribution in [2.75, 3.05) is 30.8 Å². The average molecular weight is 458 g/mol. The molecule has 0 spiro atoms. The molecule has 3 aromatic rings. The number of carbonyl (C=O) groups is 1.